The Labute approximate surface area is 123 Å². The zero-order valence-electron chi connectivity index (χ0n) is 12.3. The van der Waals surface area contributed by atoms with Gasteiger partial charge >= 0.3 is 0 Å². The van der Waals surface area contributed by atoms with Crippen LogP contribution in [0.4, 0.5) is 5.82 Å². The second-order valence-corrected chi connectivity index (χ2v) is 5.09. The van der Waals surface area contributed by atoms with E-state index in [2.05, 4.69) is 15.3 Å². The molecule has 0 saturated carbocycles. The van der Waals surface area contributed by atoms with Crippen LogP contribution in [0.3, 0.4) is 0 Å². The molecule has 2 N–H and O–H groups in total. The lowest BCUT2D eigenvalue weighted by Crippen LogP contribution is -2.01. The van der Waals surface area contributed by atoms with Crippen molar-refractivity contribution < 1.29 is 0 Å². The number of hydrogen-bond acceptors (Lipinski definition) is 4. The maximum atomic E-state index is 6.23. The van der Waals surface area contributed by atoms with Crippen molar-refractivity contribution in [3.63, 3.8) is 0 Å². The molecule has 5 nitrogen and oxygen atoms in total. The van der Waals surface area contributed by atoms with Crippen molar-refractivity contribution in [2.45, 2.75) is 20.8 Å². The fourth-order valence-electron chi connectivity index (χ4n) is 2.32. The Morgan fingerprint density at radius 3 is 2.43 bits per heavy atom. The molecule has 2 aromatic heterocycles. The highest BCUT2D eigenvalue weighted by Gasteiger charge is 2.17. The number of benzene rings is 1. The van der Waals surface area contributed by atoms with Crippen molar-refractivity contribution in [1.82, 2.24) is 20.0 Å². The minimum Gasteiger partial charge on any atom is -0.383 e. The minimum atomic E-state index is 0.644. The maximum absolute atomic E-state index is 6.23. The van der Waals surface area contributed by atoms with Gasteiger partial charge in [-0.2, -0.15) is 15.3 Å². The van der Waals surface area contributed by atoms with Gasteiger partial charge in [0.1, 0.15) is 5.82 Å². The molecule has 0 aliphatic carbocycles. The fraction of sp³-hybridized carbons (Fsp3) is 0.188. The Hall–Kier alpha value is -2.69. The molecular weight excluding hydrogens is 262 g/mol. The van der Waals surface area contributed by atoms with E-state index in [9.17, 15) is 0 Å². The summed E-state index contributed by atoms with van der Waals surface area (Å²) < 4.78 is 1.76. The van der Waals surface area contributed by atoms with E-state index in [0.29, 0.717) is 5.82 Å². The molecule has 3 rings (SSSR count). The number of nitrogens with two attached hydrogens (primary N) is 1. The Morgan fingerprint density at radius 1 is 1.00 bits per heavy atom. The molecule has 0 spiro atoms. The molecule has 106 valence electrons. The molecule has 0 aliphatic rings. The number of para-hydroxylation sites is 1. The van der Waals surface area contributed by atoms with E-state index in [0.717, 1.165) is 33.9 Å². The van der Waals surface area contributed by atoms with Gasteiger partial charge in [-0.05, 0) is 39.0 Å². The summed E-state index contributed by atoms with van der Waals surface area (Å²) >= 11 is 0. The third kappa shape index (κ3) is 2.27. The van der Waals surface area contributed by atoms with Crippen LogP contribution >= 0.6 is 0 Å². The smallest absolute Gasteiger partial charge is 0.130 e. The largest absolute Gasteiger partial charge is 0.383 e. The van der Waals surface area contributed by atoms with Crippen molar-refractivity contribution in [2.75, 3.05) is 5.73 Å². The standard InChI is InChI=1S/C16H17N5/c1-10-9-14(12(3)19-18-10)15-11(2)16(17)21(20-15)13-7-5-4-6-8-13/h4-9H,17H2,1-3H3. The average molecular weight is 279 g/mol. The average Bonchev–Trinajstić information content (AvgIpc) is 2.79. The van der Waals surface area contributed by atoms with Crippen molar-refractivity contribution in [2.24, 2.45) is 0 Å². The number of aromatic nitrogens is 4. The highest BCUT2D eigenvalue weighted by molar-refractivity contribution is 5.70. The first-order valence-corrected chi connectivity index (χ1v) is 6.79. The van der Waals surface area contributed by atoms with Gasteiger partial charge in [-0.3, -0.25) is 0 Å². The van der Waals surface area contributed by atoms with Crippen LogP contribution < -0.4 is 5.73 Å². The quantitative estimate of drug-likeness (QED) is 0.783. The molecule has 21 heavy (non-hydrogen) atoms. The van der Waals surface area contributed by atoms with Crippen LogP contribution in [0.15, 0.2) is 36.4 Å². The van der Waals surface area contributed by atoms with E-state index in [1.165, 1.54) is 0 Å². The number of rotatable bonds is 2. The summed E-state index contributed by atoms with van der Waals surface area (Å²) in [5.41, 5.74) is 11.7. The Morgan fingerprint density at radius 2 is 1.71 bits per heavy atom. The molecular formula is C16H17N5. The summed E-state index contributed by atoms with van der Waals surface area (Å²) in [7, 11) is 0. The van der Waals surface area contributed by atoms with Gasteiger partial charge in [-0.25, -0.2) is 4.68 Å². The molecule has 0 atom stereocenters. The van der Waals surface area contributed by atoms with Gasteiger partial charge in [0.15, 0.2) is 0 Å². The van der Waals surface area contributed by atoms with Crippen LogP contribution in [0.25, 0.3) is 16.9 Å². The third-order valence-electron chi connectivity index (χ3n) is 3.52. The summed E-state index contributed by atoms with van der Waals surface area (Å²) in [6, 6.07) is 11.9. The number of aryl methyl sites for hydroxylation is 2. The van der Waals surface area contributed by atoms with Crippen LogP contribution in [0.2, 0.25) is 0 Å². The van der Waals surface area contributed by atoms with Crippen LogP contribution in [0.1, 0.15) is 17.0 Å². The summed E-state index contributed by atoms with van der Waals surface area (Å²) in [5.74, 6) is 0.644. The maximum Gasteiger partial charge on any atom is 0.130 e. The summed E-state index contributed by atoms with van der Waals surface area (Å²) in [6.07, 6.45) is 0. The monoisotopic (exact) mass is 279 g/mol. The molecule has 0 radical (unpaired) electrons. The van der Waals surface area contributed by atoms with E-state index in [-0.39, 0.29) is 0 Å². The molecule has 2 heterocycles. The molecule has 0 saturated heterocycles. The van der Waals surface area contributed by atoms with E-state index in [1.807, 2.05) is 57.2 Å². The Bertz CT molecular complexity index is 790. The van der Waals surface area contributed by atoms with Gasteiger partial charge in [0.05, 0.1) is 22.8 Å². The van der Waals surface area contributed by atoms with Crippen molar-refractivity contribution in [3.8, 4) is 16.9 Å². The van der Waals surface area contributed by atoms with Gasteiger partial charge in [0.25, 0.3) is 0 Å². The number of nitrogen functional groups attached to an aromatic ring is 1. The number of hydrogen-bond donors (Lipinski definition) is 1. The molecule has 1 aromatic carbocycles. The number of anilines is 1. The minimum absolute atomic E-state index is 0.644. The zero-order valence-corrected chi connectivity index (χ0v) is 12.3. The molecule has 0 bridgehead atoms. The second kappa shape index (κ2) is 5.01. The Balaban J connectivity index is 2.20. The normalized spacial score (nSPS) is 10.8. The topological polar surface area (TPSA) is 69.6 Å². The summed E-state index contributed by atoms with van der Waals surface area (Å²) in [6.45, 7) is 5.83. The van der Waals surface area contributed by atoms with Crippen molar-refractivity contribution >= 4 is 5.82 Å². The lowest BCUT2D eigenvalue weighted by Gasteiger charge is -2.03. The van der Waals surface area contributed by atoms with E-state index < -0.39 is 0 Å². The van der Waals surface area contributed by atoms with Crippen LogP contribution in [-0.2, 0) is 0 Å². The van der Waals surface area contributed by atoms with Gasteiger partial charge in [0.2, 0.25) is 0 Å². The lowest BCUT2D eigenvalue weighted by molar-refractivity contribution is 0.888. The van der Waals surface area contributed by atoms with Crippen molar-refractivity contribution in [3.05, 3.63) is 53.3 Å². The number of nitrogens with zero attached hydrogens (tertiary/aromatic N) is 4. The molecule has 0 fully saturated rings. The molecule has 0 unspecified atom stereocenters. The highest BCUT2D eigenvalue weighted by atomic mass is 15.3. The second-order valence-electron chi connectivity index (χ2n) is 5.09. The van der Waals surface area contributed by atoms with E-state index in [1.54, 1.807) is 4.68 Å². The predicted molar refractivity (Wildman–Crippen MR) is 83.2 cm³/mol. The Kier molecular flexibility index (Phi) is 3.17. The van der Waals surface area contributed by atoms with E-state index >= 15 is 0 Å². The first-order chi connectivity index (χ1) is 10.1. The molecule has 0 aliphatic heterocycles. The third-order valence-corrected chi connectivity index (χ3v) is 3.52. The fourth-order valence-corrected chi connectivity index (χ4v) is 2.32. The van der Waals surface area contributed by atoms with Crippen LogP contribution in [-0.4, -0.2) is 20.0 Å². The highest BCUT2D eigenvalue weighted by Crippen LogP contribution is 2.29. The van der Waals surface area contributed by atoms with Gasteiger partial charge < -0.3 is 5.73 Å². The van der Waals surface area contributed by atoms with Gasteiger partial charge in [-0.15, -0.1) is 0 Å². The van der Waals surface area contributed by atoms with E-state index in [4.69, 9.17) is 5.73 Å². The molecule has 0 amide bonds. The van der Waals surface area contributed by atoms with Crippen LogP contribution in [0, 0.1) is 20.8 Å². The van der Waals surface area contributed by atoms with Crippen LogP contribution in [0.5, 0.6) is 0 Å². The summed E-state index contributed by atoms with van der Waals surface area (Å²) in [4.78, 5) is 0. The molecule has 5 heteroatoms. The lowest BCUT2D eigenvalue weighted by atomic mass is 10.1. The van der Waals surface area contributed by atoms with Gasteiger partial charge in [0, 0.05) is 11.1 Å². The molecule has 3 aromatic rings. The first-order valence-electron chi connectivity index (χ1n) is 6.79. The van der Waals surface area contributed by atoms with Crippen molar-refractivity contribution in [1.29, 1.82) is 0 Å². The zero-order chi connectivity index (χ0) is 15.0. The summed E-state index contributed by atoms with van der Waals surface area (Å²) in [5, 5.41) is 12.9. The SMILES string of the molecule is Cc1cc(-c2nn(-c3ccccc3)c(N)c2C)c(C)nn1. The van der Waals surface area contributed by atoms with Gasteiger partial charge in [-0.1, -0.05) is 18.2 Å². The predicted octanol–water partition coefficient (Wildman–Crippen LogP) is 2.84. The first kappa shape index (κ1) is 13.3.